The first-order chi connectivity index (χ1) is 9.76. The number of thiazole rings is 1. The molecule has 112 valence electrons. The molecule has 4 nitrogen and oxygen atoms in total. The Hall–Kier alpha value is -1.43. The van der Waals surface area contributed by atoms with Gasteiger partial charge in [0.2, 0.25) is 0 Å². The molecule has 1 aromatic carbocycles. The molecule has 1 amide bonds. The molecule has 0 radical (unpaired) electrons. The zero-order valence-corrected chi connectivity index (χ0v) is 13.2. The third-order valence-electron chi connectivity index (χ3n) is 3.42. The summed E-state index contributed by atoms with van der Waals surface area (Å²) >= 11 is 1.62. The number of rotatable bonds is 5. The van der Waals surface area contributed by atoms with E-state index in [2.05, 4.69) is 15.7 Å². The third kappa shape index (κ3) is 4.03. The molecule has 0 saturated heterocycles. The summed E-state index contributed by atoms with van der Waals surface area (Å²) in [6, 6.07) is 7.36. The largest absolute Gasteiger partial charge is 0.346 e. The van der Waals surface area contributed by atoms with E-state index in [0.29, 0.717) is 24.6 Å². The molecule has 1 saturated carbocycles. The van der Waals surface area contributed by atoms with Gasteiger partial charge in [-0.05, 0) is 30.5 Å². The van der Waals surface area contributed by atoms with Gasteiger partial charge in [0.1, 0.15) is 5.01 Å². The summed E-state index contributed by atoms with van der Waals surface area (Å²) in [5, 5.41) is 5.98. The second kappa shape index (κ2) is 7.02. The van der Waals surface area contributed by atoms with E-state index in [-0.39, 0.29) is 18.3 Å². The minimum absolute atomic E-state index is 0. The monoisotopic (exact) mass is 323 g/mol. The third-order valence-corrected chi connectivity index (χ3v) is 4.28. The summed E-state index contributed by atoms with van der Waals surface area (Å²) in [7, 11) is 0. The number of hydrogen-bond donors (Lipinski definition) is 2. The van der Waals surface area contributed by atoms with E-state index in [1.165, 1.54) is 18.5 Å². The summed E-state index contributed by atoms with van der Waals surface area (Å²) in [5.74, 6) is 0.594. The molecule has 0 unspecified atom stereocenters. The molecule has 3 rings (SSSR count). The maximum absolute atomic E-state index is 12.0. The molecule has 21 heavy (non-hydrogen) atoms. The van der Waals surface area contributed by atoms with Gasteiger partial charge >= 0.3 is 0 Å². The van der Waals surface area contributed by atoms with Crippen molar-refractivity contribution in [2.24, 2.45) is 5.73 Å². The van der Waals surface area contributed by atoms with Crippen molar-refractivity contribution in [1.29, 1.82) is 0 Å². The Morgan fingerprint density at radius 3 is 2.67 bits per heavy atom. The fraction of sp³-hybridized carbons (Fsp3) is 0.333. The van der Waals surface area contributed by atoms with Crippen LogP contribution in [0.4, 0.5) is 0 Å². The zero-order valence-electron chi connectivity index (χ0n) is 11.5. The minimum Gasteiger partial charge on any atom is -0.346 e. The molecule has 0 bridgehead atoms. The van der Waals surface area contributed by atoms with Crippen molar-refractivity contribution >= 4 is 29.7 Å². The molecule has 1 aliphatic rings. The van der Waals surface area contributed by atoms with E-state index in [0.717, 1.165) is 10.6 Å². The van der Waals surface area contributed by atoms with Gasteiger partial charge in [0, 0.05) is 23.4 Å². The molecule has 3 N–H and O–H groups in total. The average molecular weight is 324 g/mol. The lowest BCUT2D eigenvalue weighted by Crippen LogP contribution is -2.22. The van der Waals surface area contributed by atoms with Crippen LogP contribution in [0.3, 0.4) is 0 Å². The molecular weight excluding hydrogens is 306 g/mol. The normalized spacial score (nSPS) is 13.6. The lowest BCUT2D eigenvalue weighted by Gasteiger charge is -2.04. The summed E-state index contributed by atoms with van der Waals surface area (Å²) in [4.78, 5) is 16.6. The van der Waals surface area contributed by atoms with Crippen LogP contribution in [0.5, 0.6) is 0 Å². The van der Waals surface area contributed by atoms with Crippen molar-refractivity contribution < 1.29 is 4.79 Å². The predicted octanol–water partition coefficient (Wildman–Crippen LogP) is 2.83. The smallest absolute Gasteiger partial charge is 0.251 e. The van der Waals surface area contributed by atoms with E-state index >= 15 is 0 Å². The quantitative estimate of drug-likeness (QED) is 0.889. The van der Waals surface area contributed by atoms with Gasteiger partial charge in [-0.25, -0.2) is 4.98 Å². The topological polar surface area (TPSA) is 68.0 Å². The maximum atomic E-state index is 12.0. The number of hydrogen-bond acceptors (Lipinski definition) is 4. The average Bonchev–Trinajstić information content (AvgIpc) is 3.24. The van der Waals surface area contributed by atoms with Crippen molar-refractivity contribution in [1.82, 2.24) is 10.3 Å². The molecule has 6 heteroatoms. The number of nitrogens with one attached hydrogen (secondary N) is 1. The van der Waals surface area contributed by atoms with Gasteiger partial charge < -0.3 is 11.1 Å². The highest BCUT2D eigenvalue weighted by molar-refractivity contribution is 7.09. The predicted molar refractivity (Wildman–Crippen MR) is 86.8 cm³/mol. The highest BCUT2D eigenvalue weighted by Crippen LogP contribution is 2.40. The van der Waals surface area contributed by atoms with Gasteiger partial charge in [0.15, 0.2) is 0 Å². The second-order valence-electron chi connectivity index (χ2n) is 5.02. The summed E-state index contributed by atoms with van der Waals surface area (Å²) in [6.07, 6.45) is 2.51. The number of carbonyl (C=O) groups is 1. The van der Waals surface area contributed by atoms with Crippen LogP contribution < -0.4 is 11.1 Å². The number of nitrogens with zero attached hydrogens (tertiary/aromatic N) is 1. The van der Waals surface area contributed by atoms with Crippen LogP contribution >= 0.6 is 23.7 Å². The Kier molecular flexibility index (Phi) is 5.33. The Balaban J connectivity index is 0.00000161. The van der Waals surface area contributed by atoms with Crippen molar-refractivity contribution in [2.75, 3.05) is 0 Å². The van der Waals surface area contributed by atoms with Crippen molar-refractivity contribution in [3.8, 4) is 0 Å². The van der Waals surface area contributed by atoms with Gasteiger partial charge in [-0.1, -0.05) is 12.1 Å². The molecule has 0 aliphatic heterocycles. The second-order valence-corrected chi connectivity index (χ2v) is 5.97. The van der Waals surface area contributed by atoms with E-state index in [9.17, 15) is 4.79 Å². The first kappa shape index (κ1) is 15.9. The van der Waals surface area contributed by atoms with Gasteiger partial charge in [-0.2, -0.15) is 0 Å². The molecule has 1 fully saturated rings. The molecular formula is C15H18ClN3OS. The molecule has 1 heterocycles. The van der Waals surface area contributed by atoms with Crippen LogP contribution in [-0.2, 0) is 13.1 Å². The molecule has 0 spiro atoms. The zero-order chi connectivity index (χ0) is 13.9. The van der Waals surface area contributed by atoms with Gasteiger partial charge in [-0.15, -0.1) is 23.7 Å². The van der Waals surface area contributed by atoms with E-state index in [4.69, 9.17) is 5.73 Å². The van der Waals surface area contributed by atoms with Crippen molar-refractivity contribution in [2.45, 2.75) is 31.8 Å². The Morgan fingerprint density at radius 2 is 2.05 bits per heavy atom. The van der Waals surface area contributed by atoms with E-state index < -0.39 is 0 Å². The fourth-order valence-corrected chi connectivity index (χ4v) is 2.84. The number of benzene rings is 1. The van der Waals surface area contributed by atoms with Crippen LogP contribution in [0.15, 0.2) is 29.6 Å². The SMILES string of the molecule is Cl.NCc1ccc(C(=O)NCc2nc(C3CC3)cs2)cc1. The Morgan fingerprint density at radius 1 is 1.33 bits per heavy atom. The number of amides is 1. The van der Waals surface area contributed by atoms with Crippen molar-refractivity contribution in [3.05, 3.63) is 51.5 Å². The van der Waals surface area contributed by atoms with Gasteiger partial charge in [0.05, 0.1) is 12.2 Å². The molecule has 2 aromatic rings. The van der Waals surface area contributed by atoms with Crippen LogP contribution in [0, 0.1) is 0 Å². The molecule has 1 aliphatic carbocycles. The molecule has 0 atom stereocenters. The maximum Gasteiger partial charge on any atom is 0.251 e. The Labute approximate surface area is 134 Å². The van der Waals surface area contributed by atoms with Crippen LogP contribution in [-0.4, -0.2) is 10.9 Å². The lowest BCUT2D eigenvalue weighted by molar-refractivity contribution is 0.0951. The van der Waals surface area contributed by atoms with Gasteiger partial charge in [0.25, 0.3) is 5.91 Å². The van der Waals surface area contributed by atoms with Crippen LogP contribution in [0.1, 0.15) is 45.4 Å². The summed E-state index contributed by atoms with van der Waals surface area (Å²) in [6.45, 7) is 0.986. The number of nitrogens with two attached hydrogens (primary N) is 1. The van der Waals surface area contributed by atoms with Gasteiger partial charge in [-0.3, -0.25) is 4.79 Å². The van der Waals surface area contributed by atoms with E-state index in [1.807, 2.05) is 12.1 Å². The number of halogens is 1. The van der Waals surface area contributed by atoms with Crippen molar-refractivity contribution in [3.63, 3.8) is 0 Å². The first-order valence-electron chi connectivity index (χ1n) is 6.78. The van der Waals surface area contributed by atoms with E-state index in [1.54, 1.807) is 23.5 Å². The number of carbonyl (C=O) groups excluding carboxylic acids is 1. The highest BCUT2D eigenvalue weighted by Gasteiger charge is 2.25. The number of aromatic nitrogens is 1. The lowest BCUT2D eigenvalue weighted by atomic mass is 10.1. The van der Waals surface area contributed by atoms with Crippen LogP contribution in [0.25, 0.3) is 0 Å². The highest BCUT2D eigenvalue weighted by atomic mass is 35.5. The fourth-order valence-electron chi connectivity index (χ4n) is 2.02. The standard InChI is InChI=1S/C15H17N3OS.ClH/c16-7-10-1-3-12(4-2-10)15(19)17-8-14-18-13(9-20-14)11-5-6-11;/h1-4,9,11H,5-8,16H2,(H,17,19);1H. The Bertz CT molecular complexity index is 608. The minimum atomic E-state index is -0.0725. The first-order valence-corrected chi connectivity index (χ1v) is 7.65. The summed E-state index contributed by atoms with van der Waals surface area (Å²) in [5.41, 5.74) is 8.40. The summed E-state index contributed by atoms with van der Waals surface area (Å²) < 4.78 is 0. The molecule has 1 aromatic heterocycles. The van der Waals surface area contributed by atoms with Crippen LogP contribution in [0.2, 0.25) is 0 Å².